The monoisotopic (exact) mass is 379 g/mol. The van der Waals surface area contributed by atoms with Gasteiger partial charge in [0.1, 0.15) is 10.7 Å². The molecule has 24 heavy (non-hydrogen) atoms. The fourth-order valence-electron chi connectivity index (χ4n) is 2.71. The highest BCUT2D eigenvalue weighted by atomic mass is 35.5. The van der Waals surface area contributed by atoms with Gasteiger partial charge >= 0.3 is 0 Å². The topological polar surface area (TPSA) is 45.2 Å². The molecule has 0 unspecified atom stereocenters. The summed E-state index contributed by atoms with van der Waals surface area (Å²) in [5, 5.41) is 6.46. The summed E-state index contributed by atoms with van der Waals surface area (Å²) in [6.45, 7) is 2.15. The van der Waals surface area contributed by atoms with E-state index in [4.69, 9.17) is 29.6 Å². The van der Waals surface area contributed by atoms with E-state index in [-0.39, 0.29) is 5.91 Å². The van der Waals surface area contributed by atoms with Crippen LogP contribution >= 0.6 is 34.5 Å². The smallest absolute Gasteiger partial charge is 0.273 e. The van der Waals surface area contributed by atoms with Crippen molar-refractivity contribution in [1.29, 1.82) is 0 Å². The predicted octanol–water partition coefficient (Wildman–Crippen LogP) is 3.76. The second-order valence-corrected chi connectivity index (χ2v) is 7.29. The fourth-order valence-corrected chi connectivity index (χ4v) is 4.09. The number of amides is 1. The van der Waals surface area contributed by atoms with Crippen LogP contribution in [0.25, 0.3) is 10.6 Å². The van der Waals surface area contributed by atoms with Crippen molar-refractivity contribution in [1.82, 2.24) is 15.2 Å². The Balaban J connectivity index is 1.72. The van der Waals surface area contributed by atoms with Crippen molar-refractivity contribution >= 4 is 40.4 Å². The molecule has 7 heteroatoms. The minimum atomic E-state index is -0.0502. The molecule has 2 heterocycles. The molecular formula is C17H15Cl2N3OS. The van der Waals surface area contributed by atoms with Gasteiger partial charge in [-0.25, -0.2) is 4.98 Å². The summed E-state index contributed by atoms with van der Waals surface area (Å²) in [7, 11) is 0. The first-order chi connectivity index (χ1) is 11.6. The molecule has 124 valence electrons. The first-order valence-electron chi connectivity index (χ1n) is 7.47. The van der Waals surface area contributed by atoms with Crippen LogP contribution in [0.2, 0.25) is 10.0 Å². The number of nitrogens with zero attached hydrogens (tertiary/aromatic N) is 2. The van der Waals surface area contributed by atoms with Gasteiger partial charge in [-0.05, 0) is 30.5 Å². The minimum absolute atomic E-state index is 0.0502. The maximum Gasteiger partial charge on any atom is 0.273 e. The maximum atomic E-state index is 12.6. The molecule has 0 saturated carbocycles. The van der Waals surface area contributed by atoms with Gasteiger partial charge in [0.2, 0.25) is 0 Å². The number of likely N-dealkylation sites (tertiary alicyclic amines) is 1. The van der Waals surface area contributed by atoms with Crippen LogP contribution in [0.4, 0.5) is 0 Å². The van der Waals surface area contributed by atoms with Gasteiger partial charge in [-0.2, -0.15) is 0 Å². The molecule has 1 aromatic carbocycles. The molecule has 4 nitrogen and oxygen atoms in total. The molecule has 0 bridgehead atoms. The Morgan fingerprint density at radius 2 is 2.33 bits per heavy atom. The summed E-state index contributed by atoms with van der Waals surface area (Å²) < 4.78 is 0. The second-order valence-electron chi connectivity index (χ2n) is 5.59. The summed E-state index contributed by atoms with van der Waals surface area (Å²) in [6.07, 6.45) is 6.15. The van der Waals surface area contributed by atoms with Crippen LogP contribution in [-0.2, 0) is 0 Å². The zero-order valence-electron chi connectivity index (χ0n) is 12.8. The standard InChI is InChI=1S/C17H15Cl2N3OS/c1-2-20-8-11-5-6-22(9-11)17(23)15-10-24-16(21-15)13-4-3-12(18)7-14(13)19/h1,3-4,7,10-11,20H,5-6,8-9H2/t11-/m1/s1. The zero-order valence-corrected chi connectivity index (χ0v) is 15.1. The lowest BCUT2D eigenvalue weighted by atomic mass is 10.1. The Morgan fingerprint density at radius 1 is 1.50 bits per heavy atom. The van der Waals surface area contributed by atoms with E-state index in [0.717, 1.165) is 25.1 Å². The predicted molar refractivity (Wildman–Crippen MR) is 98.4 cm³/mol. The van der Waals surface area contributed by atoms with E-state index in [9.17, 15) is 4.79 Å². The Bertz CT molecular complexity index is 799. The Kier molecular flexibility index (Phi) is 5.30. The summed E-state index contributed by atoms with van der Waals surface area (Å²) in [6, 6.07) is 7.66. The molecule has 1 aliphatic heterocycles. The van der Waals surface area contributed by atoms with E-state index >= 15 is 0 Å². The molecule has 3 rings (SSSR count). The number of benzene rings is 1. The average molecular weight is 380 g/mol. The van der Waals surface area contributed by atoms with Gasteiger partial charge in [0.25, 0.3) is 5.91 Å². The molecule has 1 N–H and O–H groups in total. The van der Waals surface area contributed by atoms with E-state index in [0.29, 0.717) is 33.2 Å². The molecule has 1 saturated heterocycles. The van der Waals surface area contributed by atoms with Crippen LogP contribution in [0.1, 0.15) is 16.9 Å². The Hall–Kier alpha value is -1.74. The number of halogens is 2. The van der Waals surface area contributed by atoms with E-state index in [1.54, 1.807) is 17.5 Å². The van der Waals surface area contributed by atoms with Crippen molar-refractivity contribution in [3.8, 4) is 23.0 Å². The van der Waals surface area contributed by atoms with Crippen molar-refractivity contribution in [3.63, 3.8) is 0 Å². The van der Waals surface area contributed by atoms with E-state index in [1.807, 2.05) is 11.0 Å². The highest BCUT2D eigenvalue weighted by molar-refractivity contribution is 7.13. The van der Waals surface area contributed by atoms with E-state index in [2.05, 4.69) is 16.3 Å². The van der Waals surface area contributed by atoms with Crippen LogP contribution in [0.5, 0.6) is 0 Å². The summed E-state index contributed by atoms with van der Waals surface area (Å²) >= 11 is 13.5. The number of rotatable bonds is 4. The maximum absolute atomic E-state index is 12.6. The number of nitrogens with one attached hydrogen (secondary N) is 1. The number of hydrogen-bond acceptors (Lipinski definition) is 4. The average Bonchev–Trinajstić information content (AvgIpc) is 3.22. The quantitative estimate of drug-likeness (QED) is 0.649. The molecule has 2 aromatic rings. The third-order valence-corrected chi connectivity index (χ3v) is 5.37. The molecule has 1 atom stereocenters. The number of thiazole rings is 1. The van der Waals surface area contributed by atoms with Crippen molar-refractivity contribution in [2.24, 2.45) is 5.92 Å². The SMILES string of the molecule is C#CNC[C@H]1CCN(C(=O)c2csc(-c3ccc(Cl)cc3Cl)n2)C1. The van der Waals surface area contributed by atoms with Crippen LogP contribution in [-0.4, -0.2) is 35.4 Å². The highest BCUT2D eigenvalue weighted by Gasteiger charge is 2.28. The largest absolute Gasteiger partial charge is 0.346 e. The van der Waals surface area contributed by atoms with Gasteiger partial charge in [-0.3, -0.25) is 4.79 Å². The van der Waals surface area contributed by atoms with Gasteiger partial charge in [0.15, 0.2) is 0 Å². The molecule has 1 fully saturated rings. The number of carbonyl (C=O) groups excluding carboxylic acids is 1. The Labute approximate surface area is 154 Å². The second kappa shape index (κ2) is 7.43. The lowest BCUT2D eigenvalue weighted by Gasteiger charge is -2.15. The first-order valence-corrected chi connectivity index (χ1v) is 9.10. The molecule has 1 amide bonds. The van der Waals surface area contributed by atoms with Crippen molar-refractivity contribution in [2.75, 3.05) is 19.6 Å². The molecular weight excluding hydrogens is 365 g/mol. The first kappa shape index (κ1) is 17.1. The van der Waals surface area contributed by atoms with E-state index < -0.39 is 0 Å². The van der Waals surface area contributed by atoms with Crippen LogP contribution in [0.15, 0.2) is 23.6 Å². The van der Waals surface area contributed by atoms with Crippen LogP contribution < -0.4 is 5.32 Å². The van der Waals surface area contributed by atoms with Gasteiger partial charge in [-0.15, -0.1) is 11.3 Å². The lowest BCUT2D eigenvalue weighted by molar-refractivity contribution is 0.0782. The zero-order chi connectivity index (χ0) is 17.1. The number of carbonyl (C=O) groups is 1. The van der Waals surface area contributed by atoms with Crippen molar-refractivity contribution in [3.05, 3.63) is 39.3 Å². The van der Waals surface area contributed by atoms with E-state index in [1.165, 1.54) is 11.3 Å². The lowest BCUT2D eigenvalue weighted by Crippen LogP contribution is -2.30. The normalized spacial score (nSPS) is 16.9. The van der Waals surface area contributed by atoms with Gasteiger partial charge in [-0.1, -0.05) is 29.6 Å². The molecule has 1 aliphatic rings. The number of hydrogen-bond donors (Lipinski definition) is 1. The third-order valence-electron chi connectivity index (χ3n) is 3.95. The summed E-state index contributed by atoms with van der Waals surface area (Å²) in [5.74, 6) is 0.333. The van der Waals surface area contributed by atoms with Crippen molar-refractivity contribution < 1.29 is 4.79 Å². The van der Waals surface area contributed by atoms with Gasteiger partial charge in [0, 0.05) is 41.6 Å². The van der Waals surface area contributed by atoms with Crippen LogP contribution in [0.3, 0.4) is 0 Å². The van der Waals surface area contributed by atoms with Crippen molar-refractivity contribution in [2.45, 2.75) is 6.42 Å². The summed E-state index contributed by atoms with van der Waals surface area (Å²) in [4.78, 5) is 18.9. The summed E-state index contributed by atoms with van der Waals surface area (Å²) in [5.41, 5.74) is 1.23. The van der Waals surface area contributed by atoms with Crippen LogP contribution in [0, 0.1) is 18.4 Å². The molecule has 0 aliphatic carbocycles. The highest BCUT2D eigenvalue weighted by Crippen LogP contribution is 2.32. The number of aromatic nitrogens is 1. The van der Waals surface area contributed by atoms with Gasteiger partial charge < -0.3 is 10.2 Å². The fraction of sp³-hybridized carbons (Fsp3) is 0.294. The molecule has 0 spiro atoms. The van der Waals surface area contributed by atoms with Gasteiger partial charge in [0.05, 0.1) is 5.02 Å². The molecule has 1 aromatic heterocycles. The Morgan fingerprint density at radius 3 is 3.08 bits per heavy atom. The number of terminal acetylenes is 1. The molecule has 0 radical (unpaired) electrons. The third kappa shape index (κ3) is 3.67. The minimum Gasteiger partial charge on any atom is -0.346 e.